The first-order valence-electron chi connectivity index (χ1n) is 5.94. The van der Waals surface area contributed by atoms with Crippen molar-refractivity contribution in [1.82, 2.24) is 0 Å². The summed E-state index contributed by atoms with van der Waals surface area (Å²) < 4.78 is 5.22. The van der Waals surface area contributed by atoms with Crippen LogP contribution in [0.3, 0.4) is 0 Å². The van der Waals surface area contributed by atoms with Crippen molar-refractivity contribution >= 4 is 34.9 Å². The first-order valence-corrected chi connectivity index (χ1v) is 6.70. The molecule has 0 bridgehead atoms. The lowest BCUT2D eigenvalue weighted by Crippen LogP contribution is -2.07. The van der Waals surface area contributed by atoms with Gasteiger partial charge in [0.15, 0.2) is 0 Å². The van der Waals surface area contributed by atoms with Gasteiger partial charge in [0.1, 0.15) is 6.61 Å². The number of esters is 1. The van der Waals surface area contributed by atoms with Gasteiger partial charge in [0.2, 0.25) is 0 Å². The molecule has 0 amide bonds. The van der Waals surface area contributed by atoms with E-state index in [-0.39, 0.29) is 6.61 Å². The first kappa shape index (κ1) is 14.7. The van der Waals surface area contributed by atoms with Crippen molar-refractivity contribution in [3.05, 3.63) is 63.1 Å². The van der Waals surface area contributed by atoms with E-state index >= 15 is 0 Å². The summed E-state index contributed by atoms with van der Waals surface area (Å²) in [7, 11) is 0. The Kier molecular flexibility index (Phi) is 4.53. The molecular formula is C15H13Cl2NO2. The van der Waals surface area contributed by atoms with Gasteiger partial charge in [-0.2, -0.15) is 0 Å². The van der Waals surface area contributed by atoms with Crippen LogP contribution in [0, 0.1) is 6.92 Å². The topological polar surface area (TPSA) is 52.3 Å². The third-order valence-electron chi connectivity index (χ3n) is 2.74. The zero-order valence-corrected chi connectivity index (χ0v) is 12.3. The molecule has 0 aliphatic carbocycles. The van der Waals surface area contributed by atoms with E-state index in [1.807, 2.05) is 6.92 Å². The highest BCUT2D eigenvalue weighted by Crippen LogP contribution is 2.25. The number of carbonyl (C=O) groups excluding carboxylic acids is 1. The fraction of sp³-hybridized carbons (Fsp3) is 0.133. The van der Waals surface area contributed by atoms with Crippen LogP contribution in [0.2, 0.25) is 10.0 Å². The molecule has 0 atom stereocenters. The molecule has 0 aliphatic heterocycles. The second-order valence-corrected chi connectivity index (χ2v) is 5.22. The third kappa shape index (κ3) is 3.44. The molecule has 0 heterocycles. The van der Waals surface area contributed by atoms with Crippen molar-refractivity contribution in [2.45, 2.75) is 13.5 Å². The normalized spacial score (nSPS) is 10.3. The van der Waals surface area contributed by atoms with E-state index < -0.39 is 5.97 Å². The molecule has 2 aromatic rings. The summed E-state index contributed by atoms with van der Waals surface area (Å²) >= 11 is 12.0. The molecule has 0 aromatic heterocycles. The lowest BCUT2D eigenvalue weighted by atomic mass is 10.1. The number of benzene rings is 2. The van der Waals surface area contributed by atoms with E-state index in [2.05, 4.69) is 0 Å². The molecule has 0 unspecified atom stereocenters. The van der Waals surface area contributed by atoms with Gasteiger partial charge in [0.25, 0.3) is 0 Å². The Labute approximate surface area is 127 Å². The Morgan fingerprint density at radius 1 is 1.20 bits per heavy atom. The molecule has 0 radical (unpaired) electrons. The van der Waals surface area contributed by atoms with Crippen molar-refractivity contribution in [3.63, 3.8) is 0 Å². The predicted molar refractivity (Wildman–Crippen MR) is 81.2 cm³/mol. The lowest BCUT2D eigenvalue weighted by molar-refractivity contribution is 0.0473. The van der Waals surface area contributed by atoms with Crippen LogP contribution in [0.5, 0.6) is 0 Å². The summed E-state index contributed by atoms with van der Waals surface area (Å²) in [5.41, 5.74) is 8.12. The number of aryl methyl sites for hydroxylation is 1. The molecule has 0 spiro atoms. The molecule has 2 aromatic carbocycles. The number of anilines is 1. The highest BCUT2D eigenvalue weighted by atomic mass is 35.5. The van der Waals surface area contributed by atoms with E-state index in [0.29, 0.717) is 26.9 Å². The second-order valence-electron chi connectivity index (χ2n) is 4.41. The Hall–Kier alpha value is -1.71. The first-order chi connectivity index (χ1) is 9.47. The fourth-order valence-corrected chi connectivity index (χ4v) is 2.33. The highest BCUT2D eigenvalue weighted by Gasteiger charge is 2.12. The van der Waals surface area contributed by atoms with E-state index in [1.54, 1.807) is 36.4 Å². The van der Waals surface area contributed by atoms with Crippen molar-refractivity contribution in [1.29, 1.82) is 0 Å². The van der Waals surface area contributed by atoms with Crippen LogP contribution >= 0.6 is 23.2 Å². The summed E-state index contributed by atoms with van der Waals surface area (Å²) in [5.74, 6) is -0.462. The SMILES string of the molecule is Cc1cc(N)cc(C(=O)OCc2c(Cl)cccc2Cl)c1. The largest absolute Gasteiger partial charge is 0.457 e. The molecule has 20 heavy (non-hydrogen) atoms. The maximum absolute atomic E-state index is 12.0. The predicted octanol–water partition coefficient (Wildman–Crippen LogP) is 4.24. The van der Waals surface area contributed by atoms with Crippen molar-refractivity contribution in [2.24, 2.45) is 0 Å². The molecular weight excluding hydrogens is 297 g/mol. The molecule has 2 N–H and O–H groups in total. The number of ether oxygens (including phenoxy) is 1. The minimum Gasteiger partial charge on any atom is -0.457 e. The van der Waals surface area contributed by atoms with Crippen LogP contribution in [0.1, 0.15) is 21.5 Å². The monoisotopic (exact) mass is 309 g/mol. The Balaban J connectivity index is 2.13. The van der Waals surface area contributed by atoms with Crippen LogP contribution in [0.25, 0.3) is 0 Å². The van der Waals surface area contributed by atoms with Gasteiger partial charge in [-0.05, 0) is 42.8 Å². The molecule has 0 fully saturated rings. The summed E-state index contributed by atoms with van der Waals surface area (Å²) in [6.07, 6.45) is 0. The van der Waals surface area contributed by atoms with E-state index in [4.69, 9.17) is 33.7 Å². The van der Waals surface area contributed by atoms with Crippen LogP contribution in [-0.2, 0) is 11.3 Å². The van der Waals surface area contributed by atoms with Crippen molar-refractivity contribution in [2.75, 3.05) is 5.73 Å². The van der Waals surface area contributed by atoms with Gasteiger partial charge in [-0.1, -0.05) is 29.3 Å². The molecule has 0 saturated carbocycles. The zero-order valence-electron chi connectivity index (χ0n) is 10.8. The van der Waals surface area contributed by atoms with Gasteiger partial charge < -0.3 is 10.5 Å². The Morgan fingerprint density at radius 2 is 1.85 bits per heavy atom. The van der Waals surface area contributed by atoms with Crippen LogP contribution < -0.4 is 5.73 Å². The molecule has 0 aliphatic rings. The zero-order chi connectivity index (χ0) is 14.7. The molecule has 2 rings (SSSR count). The average molecular weight is 310 g/mol. The standard InChI is InChI=1S/C15H13Cl2NO2/c1-9-5-10(7-11(18)6-9)15(19)20-8-12-13(16)3-2-4-14(12)17/h2-7H,8,18H2,1H3. The highest BCUT2D eigenvalue weighted by molar-refractivity contribution is 6.35. The van der Waals surface area contributed by atoms with Gasteiger partial charge in [0.05, 0.1) is 5.56 Å². The van der Waals surface area contributed by atoms with Gasteiger partial charge >= 0.3 is 5.97 Å². The maximum atomic E-state index is 12.0. The van der Waals surface area contributed by atoms with Gasteiger partial charge in [0, 0.05) is 21.3 Å². The van der Waals surface area contributed by atoms with Crippen molar-refractivity contribution in [3.8, 4) is 0 Å². The summed E-state index contributed by atoms with van der Waals surface area (Å²) in [5, 5.41) is 0.933. The number of nitrogen functional groups attached to an aromatic ring is 1. The Bertz CT molecular complexity index is 616. The van der Waals surface area contributed by atoms with Crippen molar-refractivity contribution < 1.29 is 9.53 Å². The molecule has 0 saturated heterocycles. The number of nitrogens with two attached hydrogens (primary N) is 1. The molecule has 104 valence electrons. The van der Waals surface area contributed by atoms with Crippen LogP contribution in [-0.4, -0.2) is 5.97 Å². The summed E-state index contributed by atoms with van der Waals surface area (Å²) in [4.78, 5) is 12.0. The third-order valence-corrected chi connectivity index (χ3v) is 3.45. The summed E-state index contributed by atoms with van der Waals surface area (Å²) in [6.45, 7) is 1.88. The van der Waals surface area contributed by atoms with E-state index in [0.717, 1.165) is 5.56 Å². The maximum Gasteiger partial charge on any atom is 0.338 e. The number of hydrogen-bond donors (Lipinski definition) is 1. The minimum absolute atomic E-state index is 0.0190. The quantitative estimate of drug-likeness (QED) is 0.681. The van der Waals surface area contributed by atoms with Gasteiger partial charge in [-0.15, -0.1) is 0 Å². The molecule has 5 heteroatoms. The Morgan fingerprint density at radius 3 is 2.45 bits per heavy atom. The number of carbonyl (C=O) groups is 1. The number of halogens is 2. The van der Waals surface area contributed by atoms with Crippen LogP contribution in [0.4, 0.5) is 5.69 Å². The number of rotatable bonds is 3. The summed E-state index contributed by atoms with van der Waals surface area (Å²) in [6, 6.07) is 10.2. The molecule has 3 nitrogen and oxygen atoms in total. The minimum atomic E-state index is -0.462. The smallest absolute Gasteiger partial charge is 0.338 e. The number of hydrogen-bond acceptors (Lipinski definition) is 3. The van der Waals surface area contributed by atoms with E-state index in [9.17, 15) is 4.79 Å². The fourth-order valence-electron chi connectivity index (χ4n) is 1.82. The van der Waals surface area contributed by atoms with E-state index in [1.165, 1.54) is 0 Å². The lowest BCUT2D eigenvalue weighted by Gasteiger charge is -2.09. The average Bonchev–Trinajstić information content (AvgIpc) is 2.36. The van der Waals surface area contributed by atoms with Gasteiger partial charge in [-0.3, -0.25) is 0 Å². The van der Waals surface area contributed by atoms with Crippen LogP contribution in [0.15, 0.2) is 36.4 Å². The van der Waals surface area contributed by atoms with Gasteiger partial charge in [-0.25, -0.2) is 4.79 Å². The second kappa shape index (κ2) is 6.16.